The van der Waals surface area contributed by atoms with Crippen LogP contribution in [0.15, 0.2) is 30.5 Å². The molecule has 8 heteroatoms. The van der Waals surface area contributed by atoms with Crippen LogP contribution in [-0.2, 0) is 6.18 Å². The van der Waals surface area contributed by atoms with E-state index in [1.54, 1.807) is 6.92 Å². The molecule has 0 bridgehead atoms. The Labute approximate surface area is 155 Å². The van der Waals surface area contributed by atoms with Gasteiger partial charge in [-0.15, -0.1) is 0 Å². The minimum atomic E-state index is -4.38. The van der Waals surface area contributed by atoms with Gasteiger partial charge in [-0.25, -0.2) is 9.97 Å². The van der Waals surface area contributed by atoms with Crippen LogP contribution in [0.25, 0.3) is 11.4 Å². The van der Waals surface area contributed by atoms with Crippen molar-refractivity contribution < 1.29 is 18.0 Å². The second-order valence-corrected chi connectivity index (χ2v) is 6.57. The molecule has 5 nitrogen and oxygen atoms in total. The van der Waals surface area contributed by atoms with Gasteiger partial charge in [-0.2, -0.15) is 13.2 Å². The summed E-state index contributed by atoms with van der Waals surface area (Å²) in [6.45, 7) is 5.19. The molecule has 27 heavy (non-hydrogen) atoms. The molecular formula is C19H21F3N4O. The lowest BCUT2D eigenvalue weighted by molar-refractivity contribution is -0.137. The summed E-state index contributed by atoms with van der Waals surface area (Å²) in [5.41, 5.74) is 0.592. The molecule has 1 aromatic carbocycles. The first-order valence-corrected chi connectivity index (χ1v) is 8.86. The predicted octanol–water partition coefficient (Wildman–Crippen LogP) is 3.30. The zero-order valence-electron chi connectivity index (χ0n) is 15.0. The molecule has 1 aromatic heterocycles. The van der Waals surface area contributed by atoms with Gasteiger partial charge in [0, 0.05) is 24.8 Å². The van der Waals surface area contributed by atoms with Crippen molar-refractivity contribution in [3.8, 4) is 11.4 Å². The van der Waals surface area contributed by atoms with E-state index >= 15 is 0 Å². The Balaban J connectivity index is 1.65. The molecule has 0 radical (unpaired) electrons. The average molecular weight is 378 g/mol. The van der Waals surface area contributed by atoms with Crippen molar-refractivity contribution in [1.82, 2.24) is 20.2 Å². The van der Waals surface area contributed by atoms with Crippen molar-refractivity contribution in [2.45, 2.75) is 25.9 Å². The van der Waals surface area contributed by atoms with Crippen molar-refractivity contribution in [3.63, 3.8) is 0 Å². The minimum absolute atomic E-state index is 0.245. The van der Waals surface area contributed by atoms with Crippen molar-refractivity contribution in [2.75, 3.05) is 26.2 Å². The Morgan fingerprint density at radius 1 is 1.19 bits per heavy atom. The second kappa shape index (κ2) is 8.04. The molecule has 3 rings (SSSR count). The lowest BCUT2D eigenvalue weighted by Gasteiger charge is -2.15. The van der Waals surface area contributed by atoms with E-state index in [-0.39, 0.29) is 11.7 Å². The lowest BCUT2D eigenvalue weighted by atomic mass is 10.1. The first-order valence-electron chi connectivity index (χ1n) is 8.86. The number of hydrogen-bond acceptors (Lipinski definition) is 4. The molecule has 1 aliphatic heterocycles. The van der Waals surface area contributed by atoms with E-state index in [0.29, 0.717) is 23.4 Å². The third kappa shape index (κ3) is 4.82. The first kappa shape index (κ1) is 19.3. The summed E-state index contributed by atoms with van der Waals surface area (Å²) in [4.78, 5) is 23.0. The number of hydrogen-bond donors (Lipinski definition) is 1. The number of alkyl halides is 3. The molecular weight excluding hydrogens is 357 g/mol. The summed E-state index contributed by atoms with van der Waals surface area (Å²) in [6.07, 6.45) is -0.564. The summed E-state index contributed by atoms with van der Waals surface area (Å²) in [5.74, 6) is 0.0421. The number of rotatable bonds is 5. The van der Waals surface area contributed by atoms with E-state index in [1.807, 2.05) is 0 Å². The maximum atomic E-state index is 12.6. The van der Waals surface area contributed by atoms with Gasteiger partial charge in [-0.1, -0.05) is 12.1 Å². The second-order valence-electron chi connectivity index (χ2n) is 6.57. The molecule has 144 valence electrons. The largest absolute Gasteiger partial charge is 0.416 e. The first-order chi connectivity index (χ1) is 12.8. The molecule has 0 atom stereocenters. The van der Waals surface area contributed by atoms with E-state index in [9.17, 15) is 18.0 Å². The van der Waals surface area contributed by atoms with Crippen molar-refractivity contribution in [3.05, 3.63) is 47.3 Å². The number of carbonyl (C=O) groups excluding carboxylic acids is 1. The summed E-state index contributed by atoms with van der Waals surface area (Å²) < 4.78 is 37.9. The smallest absolute Gasteiger partial charge is 0.351 e. The van der Waals surface area contributed by atoms with Crippen LogP contribution in [-0.4, -0.2) is 47.0 Å². The van der Waals surface area contributed by atoms with Gasteiger partial charge in [0.1, 0.15) is 0 Å². The highest BCUT2D eigenvalue weighted by Gasteiger charge is 2.30. The van der Waals surface area contributed by atoms with Gasteiger partial charge in [0.25, 0.3) is 5.91 Å². The van der Waals surface area contributed by atoms with Crippen LogP contribution in [0.4, 0.5) is 13.2 Å². The molecule has 1 saturated heterocycles. The summed E-state index contributed by atoms with van der Waals surface area (Å²) >= 11 is 0. The van der Waals surface area contributed by atoms with E-state index in [0.717, 1.165) is 31.8 Å². The van der Waals surface area contributed by atoms with E-state index in [1.165, 1.54) is 31.2 Å². The number of nitrogens with zero attached hydrogens (tertiary/aromatic N) is 3. The van der Waals surface area contributed by atoms with Crippen LogP contribution in [0.1, 0.15) is 34.5 Å². The predicted molar refractivity (Wildman–Crippen MR) is 95.2 cm³/mol. The van der Waals surface area contributed by atoms with Crippen LogP contribution < -0.4 is 5.32 Å². The van der Waals surface area contributed by atoms with Crippen LogP contribution >= 0.6 is 0 Å². The van der Waals surface area contributed by atoms with E-state index in [4.69, 9.17) is 0 Å². The number of aryl methyl sites for hydroxylation is 1. The number of halogens is 3. The molecule has 2 heterocycles. The highest BCUT2D eigenvalue weighted by molar-refractivity contribution is 5.95. The molecule has 1 N–H and O–H groups in total. The zero-order chi connectivity index (χ0) is 19.4. The van der Waals surface area contributed by atoms with E-state index in [2.05, 4.69) is 20.2 Å². The van der Waals surface area contributed by atoms with Gasteiger partial charge < -0.3 is 10.2 Å². The zero-order valence-corrected chi connectivity index (χ0v) is 15.0. The quantitative estimate of drug-likeness (QED) is 0.867. The number of carbonyl (C=O) groups is 1. The third-order valence-corrected chi connectivity index (χ3v) is 4.61. The normalized spacial score (nSPS) is 15.1. The maximum absolute atomic E-state index is 12.6. The maximum Gasteiger partial charge on any atom is 0.416 e. The third-order valence-electron chi connectivity index (χ3n) is 4.61. The van der Waals surface area contributed by atoms with Gasteiger partial charge in [0.15, 0.2) is 5.82 Å². The Kier molecular flexibility index (Phi) is 5.74. The van der Waals surface area contributed by atoms with Crippen LogP contribution in [0, 0.1) is 6.92 Å². The molecule has 0 aliphatic carbocycles. The van der Waals surface area contributed by atoms with Gasteiger partial charge >= 0.3 is 6.18 Å². The lowest BCUT2D eigenvalue weighted by Crippen LogP contribution is -2.33. The van der Waals surface area contributed by atoms with Crippen LogP contribution in [0.2, 0.25) is 0 Å². The molecule has 0 unspecified atom stereocenters. The Morgan fingerprint density at radius 2 is 1.85 bits per heavy atom. The fourth-order valence-corrected chi connectivity index (χ4v) is 3.07. The fraction of sp³-hybridized carbons (Fsp3) is 0.421. The number of likely N-dealkylation sites (tertiary alicyclic amines) is 1. The van der Waals surface area contributed by atoms with Gasteiger partial charge in [-0.05, 0) is 45.0 Å². The fourth-order valence-electron chi connectivity index (χ4n) is 3.07. The van der Waals surface area contributed by atoms with Crippen LogP contribution in [0.5, 0.6) is 0 Å². The Morgan fingerprint density at radius 3 is 2.44 bits per heavy atom. The van der Waals surface area contributed by atoms with Crippen molar-refractivity contribution in [2.24, 2.45) is 0 Å². The molecule has 1 aliphatic rings. The minimum Gasteiger partial charge on any atom is -0.351 e. The van der Waals surface area contributed by atoms with Gasteiger partial charge in [0.2, 0.25) is 0 Å². The molecule has 1 amide bonds. The number of benzene rings is 1. The summed E-state index contributed by atoms with van der Waals surface area (Å²) in [7, 11) is 0. The topological polar surface area (TPSA) is 58.1 Å². The van der Waals surface area contributed by atoms with E-state index < -0.39 is 11.7 Å². The molecule has 0 spiro atoms. The summed E-state index contributed by atoms with van der Waals surface area (Å²) in [5, 5.41) is 2.86. The number of amides is 1. The standard InChI is InChI=1S/C19H21F3N4O/c1-13-16(18(27)23-8-11-26-9-2-3-10-26)12-24-17(25-13)14-4-6-15(7-5-14)19(20,21)22/h4-7,12H,2-3,8-11H2,1H3,(H,23,27). The highest BCUT2D eigenvalue weighted by atomic mass is 19.4. The van der Waals surface area contributed by atoms with Gasteiger partial charge in [-0.3, -0.25) is 4.79 Å². The molecule has 1 fully saturated rings. The highest BCUT2D eigenvalue weighted by Crippen LogP contribution is 2.30. The summed E-state index contributed by atoms with van der Waals surface area (Å²) in [6, 6.07) is 4.64. The Hall–Kier alpha value is -2.48. The van der Waals surface area contributed by atoms with Crippen LogP contribution in [0.3, 0.4) is 0 Å². The molecule has 2 aromatic rings. The van der Waals surface area contributed by atoms with Crippen molar-refractivity contribution >= 4 is 5.91 Å². The molecule has 0 saturated carbocycles. The Bertz CT molecular complexity index is 800. The average Bonchev–Trinajstić information content (AvgIpc) is 3.14. The van der Waals surface area contributed by atoms with Gasteiger partial charge in [0.05, 0.1) is 16.8 Å². The van der Waals surface area contributed by atoms with Crippen molar-refractivity contribution in [1.29, 1.82) is 0 Å². The number of aromatic nitrogens is 2. The SMILES string of the molecule is Cc1nc(-c2ccc(C(F)(F)F)cc2)ncc1C(=O)NCCN1CCCC1. The monoisotopic (exact) mass is 378 g/mol. The number of nitrogens with one attached hydrogen (secondary N) is 1.